The zero-order chi connectivity index (χ0) is 15.6. The first kappa shape index (κ1) is 15.5. The predicted molar refractivity (Wildman–Crippen MR) is 76.5 cm³/mol. The zero-order valence-corrected chi connectivity index (χ0v) is 12.2. The lowest BCUT2D eigenvalue weighted by molar-refractivity contribution is 0.0673. The van der Waals surface area contributed by atoms with Gasteiger partial charge in [0.15, 0.2) is 0 Å². The number of aliphatic hydroxyl groups is 1. The van der Waals surface area contributed by atoms with Crippen molar-refractivity contribution in [3.63, 3.8) is 0 Å². The maximum absolute atomic E-state index is 13.4. The van der Waals surface area contributed by atoms with Crippen molar-refractivity contribution >= 4 is 5.91 Å². The maximum atomic E-state index is 13.4. The molecule has 112 valence electrons. The molecule has 0 spiro atoms. The van der Waals surface area contributed by atoms with E-state index in [1.165, 1.54) is 4.90 Å². The highest BCUT2D eigenvalue weighted by Crippen LogP contribution is 2.25. The van der Waals surface area contributed by atoms with Crippen LogP contribution in [-0.4, -0.2) is 41.3 Å². The molecule has 0 aliphatic carbocycles. The van der Waals surface area contributed by atoms with E-state index in [1.54, 1.807) is 38.1 Å². The Labute approximate surface area is 123 Å². The van der Waals surface area contributed by atoms with Crippen LogP contribution in [0.4, 0.5) is 4.39 Å². The van der Waals surface area contributed by atoms with Gasteiger partial charge in [-0.05, 0) is 31.5 Å². The van der Waals surface area contributed by atoms with Crippen molar-refractivity contribution in [2.75, 3.05) is 13.2 Å². The summed E-state index contributed by atoms with van der Waals surface area (Å²) in [4.78, 5) is 13.8. The summed E-state index contributed by atoms with van der Waals surface area (Å²) >= 11 is 0. The molecule has 0 saturated carbocycles. The fourth-order valence-corrected chi connectivity index (χ4v) is 2.54. The number of likely N-dealkylation sites (tertiary alicyclic amines) is 1. The van der Waals surface area contributed by atoms with Gasteiger partial charge in [0.1, 0.15) is 6.17 Å². The van der Waals surface area contributed by atoms with Gasteiger partial charge in [0.25, 0.3) is 5.91 Å². The van der Waals surface area contributed by atoms with Crippen LogP contribution in [0.1, 0.15) is 36.2 Å². The van der Waals surface area contributed by atoms with Gasteiger partial charge in [-0.15, -0.1) is 0 Å². The predicted octanol–water partition coefficient (Wildman–Crippen LogP) is 2.03. The maximum Gasteiger partial charge on any atom is 0.254 e. The van der Waals surface area contributed by atoms with Gasteiger partial charge in [-0.3, -0.25) is 4.79 Å². The Hall–Kier alpha value is -1.93. The van der Waals surface area contributed by atoms with Gasteiger partial charge in [0.05, 0.1) is 30.7 Å². The number of carbonyl (C=O) groups is 1. The molecule has 0 radical (unpaired) electrons. The molecule has 4 nitrogen and oxygen atoms in total. The number of alkyl halides is 1. The number of amides is 1. The summed E-state index contributed by atoms with van der Waals surface area (Å²) in [5.74, 6) is -0.282. The summed E-state index contributed by atoms with van der Waals surface area (Å²) < 4.78 is 13.4. The molecule has 1 aliphatic heterocycles. The van der Waals surface area contributed by atoms with Crippen LogP contribution in [0.25, 0.3) is 0 Å². The van der Waals surface area contributed by atoms with Crippen molar-refractivity contribution in [3.05, 3.63) is 35.4 Å². The molecule has 1 aliphatic rings. The van der Waals surface area contributed by atoms with E-state index in [0.717, 1.165) is 5.56 Å². The Morgan fingerprint density at radius 1 is 1.48 bits per heavy atom. The number of benzene rings is 1. The first-order valence-electron chi connectivity index (χ1n) is 6.96. The third kappa shape index (κ3) is 3.06. The summed E-state index contributed by atoms with van der Waals surface area (Å²) in [6, 6.07) is 8.54. The van der Waals surface area contributed by atoms with Crippen LogP contribution in [-0.2, 0) is 5.41 Å². The van der Waals surface area contributed by atoms with Gasteiger partial charge in [-0.2, -0.15) is 5.26 Å². The minimum atomic E-state index is -1.08. The molecule has 21 heavy (non-hydrogen) atoms. The van der Waals surface area contributed by atoms with Crippen LogP contribution >= 0.6 is 0 Å². The molecule has 1 aromatic rings. The molecule has 2 rings (SSSR count). The topological polar surface area (TPSA) is 64.3 Å². The van der Waals surface area contributed by atoms with Gasteiger partial charge in [-0.25, -0.2) is 4.39 Å². The summed E-state index contributed by atoms with van der Waals surface area (Å²) in [5.41, 5.74) is 0.650. The van der Waals surface area contributed by atoms with Gasteiger partial charge >= 0.3 is 0 Å². The summed E-state index contributed by atoms with van der Waals surface area (Å²) in [5, 5.41) is 18.3. The van der Waals surface area contributed by atoms with E-state index in [1.807, 2.05) is 0 Å². The van der Waals surface area contributed by atoms with Crippen LogP contribution in [0.3, 0.4) is 0 Å². The fourth-order valence-electron chi connectivity index (χ4n) is 2.54. The Kier molecular flexibility index (Phi) is 4.29. The minimum Gasteiger partial charge on any atom is -0.394 e. The van der Waals surface area contributed by atoms with Crippen molar-refractivity contribution in [2.45, 2.75) is 37.9 Å². The first-order valence-corrected chi connectivity index (χ1v) is 6.96. The van der Waals surface area contributed by atoms with Crippen molar-refractivity contribution in [2.24, 2.45) is 0 Å². The van der Waals surface area contributed by atoms with E-state index in [2.05, 4.69) is 6.07 Å². The highest BCUT2D eigenvalue weighted by molar-refractivity contribution is 5.94. The second-order valence-electron chi connectivity index (χ2n) is 5.94. The second kappa shape index (κ2) is 5.82. The highest BCUT2D eigenvalue weighted by Gasteiger charge is 2.35. The molecule has 2 atom stereocenters. The van der Waals surface area contributed by atoms with E-state index in [9.17, 15) is 14.3 Å². The Balaban J connectivity index is 2.19. The average Bonchev–Trinajstić information content (AvgIpc) is 2.87. The molecule has 1 aromatic carbocycles. The van der Waals surface area contributed by atoms with Gasteiger partial charge in [-0.1, -0.05) is 12.1 Å². The number of nitrogens with zero attached hydrogens (tertiary/aromatic N) is 2. The smallest absolute Gasteiger partial charge is 0.254 e. The van der Waals surface area contributed by atoms with E-state index in [4.69, 9.17) is 5.26 Å². The minimum absolute atomic E-state index is 0.0233. The largest absolute Gasteiger partial charge is 0.394 e. The van der Waals surface area contributed by atoms with Gasteiger partial charge in [0.2, 0.25) is 0 Å². The first-order chi connectivity index (χ1) is 9.89. The molecule has 1 saturated heterocycles. The van der Waals surface area contributed by atoms with Crippen LogP contribution in [0, 0.1) is 11.3 Å². The number of hydrogen-bond acceptors (Lipinski definition) is 3. The molecule has 0 aromatic heterocycles. The molecule has 1 amide bonds. The SMILES string of the molecule is CC(C)(C#N)c1ccc(C(=O)N2C[C@@H](F)C[C@H]2CO)cc1. The number of hydrogen-bond donors (Lipinski definition) is 1. The van der Waals surface area contributed by atoms with Crippen LogP contribution < -0.4 is 0 Å². The number of rotatable bonds is 3. The average molecular weight is 290 g/mol. The summed E-state index contributed by atoms with van der Waals surface area (Å²) in [6.07, 6.45) is -0.898. The van der Waals surface area contributed by atoms with E-state index in [-0.39, 0.29) is 25.5 Å². The molecule has 1 heterocycles. The summed E-state index contributed by atoms with van der Waals surface area (Å²) in [6.45, 7) is 3.40. The molecular formula is C16H19FN2O2. The van der Waals surface area contributed by atoms with Crippen molar-refractivity contribution in [3.8, 4) is 6.07 Å². The second-order valence-corrected chi connectivity index (χ2v) is 5.94. The third-order valence-electron chi connectivity index (χ3n) is 3.97. The van der Waals surface area contributed by atoms with Gasteiger partial charge < -0.3 is 10.0 Å². The monoisotopic (exact) mass is 290 g/mol. The van der Waals surface area contributed by atoms with E-state index in [0.29, 0.717) is 5.56 Å². The van der Waals surface area contributed by atoms with Crippen molar-refractivity contribution < 1.29 is 14.3 Å². The van der Waals surface area contributed by atoms with E-state index < -0.39 is 17.6 Å². The molecule has 1 N–H and O–H groups in total. The van der Waals surface area contributed by atoms with Crippen LogP contribution in [0.15, 0.2) is 24.3 Å². The van der Waals surface area contributed by atoms with Crippen molar-refractivity contribution in [1.82, 2.24) is 4.90 Å². The molecule has 0 unspecified atom stereocenters. The van der Waals surface area contributed by atoms with Crippen molar-refractivity contribution in [1.29, 1.82) is 5.26 Å². The van der Waals surface area contributed by atoms with Crippen LogP contribution in [0.5, 0.6) is 0 Å². The molecule has 1 fully saturated rings. The number of halogens is 1. The third-order valence-corrected chi connectivity index (χ3v) is 3.97. The summed E-state index contributed by atoms with van der Waals surface area (Å²) in [7, 11) is 0. The highest BCUT2D eigenvalue weighted by atomic mass is 19.1. The van der Waals surface area contributed by atoms with Crippen LogP contribution in [0.2, 0.25) is 0 Å². The number of nitriles is 1. The standard InChI is InChI=1S/C16H19FN2O2/c1-16(2,10-18)12-5-3-11(4-6-12)15(21)19-8-13(17)7-14(19)9-20/h3-6,13-14,20H,7-9H2,1-2H3/t13-,14-/m0/s1. The van der Waals surface area contributed by atoms with E-state index >= 15 is 0 Å². The Bertz CT molecular complexity index is 563. The lowest BCUT2D eigenvalue weighted by atomic mass is 9.86. The Morgan fingerprint density at radius 3 is 2.62 bits per heavy atom. The molecular weight excluding hydrogens is 271 g/mol. The number of aliphatic hydroxyl groups excluding tert-OH is 1. The molecule has 0 bridgehead atoms. The Morgan fingerprint density at radius 2 is 2.10 bits per heavy atom. The fraction of sp³-hybridized carbons (Fsp3) is 0.500. The zero-order valence-electron chi connectivity index (χ0n) is 12.2. The van der Waals surface area contributed by atoms with Gasteiger partial charge in [0, 0.05) is 12.0 Å². The number of carbonyl (C=O) groups excluding carboxylic acids is 1. The quantitative estimate of drug-likeness (QED) is 0.926. The lowest BCUT2D eigenvalue weighted by Gasteiger charge is -2.23. The molecule has 5 heteroatoms. The lowest BCUT2D eigenvalue weighted by Crippen LogP contribution is -2.37. The normalized spacial score (nSPS) is 22.1.